The van der Waals surface area contributed by atoms with Crippen LogP contribution in [0.4, 0.5) is 4.39 Å². The van der Waals surface area contributed by atoms with Gasteiger partial charge in [-0.05, 0) is 33.6 Å². The van der Waals surface area contributed by atoms with Gasteiger partial charge in [-0.2, -0.15) is 4.98 Å². The molecule has 94 valence electrons. The minimum Gasteiger partial charge on any atom is -0.435 e. The summed E-state index contributed by atoms with van der Waals surface area (Å²) in [6.45, 7) is 0. The molecular weight excluding hydrogens is 371 g/mol. The zero-order chi connectivity index (χ0) is 13.3. The second-order valence-corrected chi connectivity index (χ2v) is 4.93. The predicted molar refractivity (Wildman–Crippen MR) is 69.0 cm³/mol. The first-order chi connectivity index (χ1) is 8.47. The number of nitrogens with zero attached hydrogens (tertiary/aromatic N) is 3. The Labute approximate surface area is 124 Å². The SMILES string of the molecule is Fc1cc(Oc2nc(Cl)nnc2Cl)c(Cl)cc1Br. The average molecular weight is 373 g/mol. The molecule has 1 aromatic heterocycles. The lowest BCUT2D eigenvalue weighted by molar-refractivity contribution is 0.452. The van der Waals surface area contributed by atoms with Crippen LogP contribution in [0.25, 0.3) is 0 Å². The maximum atomic E-state index is 13.3. The number of aromatic nitrogens is 3. The van der Waals surface area contributed by atoms with E-state index in [1.807, 2.05) is 0 Å². The fourth-order valence-electron chi connectivity index (χ4n) is 1.03. The highest BCUT2D eigenvalue weighted by molar-refractivity contribution is 9.10. The Hall–Kier alpha value is -0.690. The molecule has 0 fully saturated rings. The van der Waals surface area contributed by atoms with Crippen LogP contribution in [0.15, 0.2) is 16.6 Å². The molecule has 0 amide bonds. The van der Waals surface area contributed by atoms with Gasteiger partial charge in [-0.1, -0.05) is 23.2 Å². The van der Waals surface area contributed by atoms with Crippen molar-refractivity contribution in [1.29, 1.82) is 0 Å². The molecule has 1 aromatic carbocycles. The molecule has 0 unspecified atom stereocenters. The highest BCUT2D eigenvalue weighted by atomic mass is 79.9. The lowest BCUT2D eigenvalue weighted by Crippen LogP contribution is -1.96. The molecule has 0 radical (unpaired) electrons. The van der Waals surface area contributed by atoms with Crippen molar-refractivity contribution >= 4 is 50.7 Å². The van der Waals surface area contributed by atoms with Gasteiger partial charge in [0.25, 0.3) is 5.88 Å². The van der Waals surface area contributed by atoms with Gasteiger partial charge in [-0.3, -0.25) is 0 Å². The van der Waals surface area contributed by atoms with Crippen LogP contribution in [-0.2, 0) is 0 Å². The van der Waals surface area contributed by atoms with Gasteiger partial charge in [0, 0.05) is 6.07 Å². The van der Waals surface area contributed by atoms with E-state index >= 15 is 0 Å². The van der Waals surface area contributed by atoms with Gasteiger partial charge < -0.3 is 4.74 Å². The molecule has 0 N–H and O–H groups in total. The van der Waals surface area contributed by atoms with E-state index in [4.69, 9.17) is 39.5 Å². The first-order valence-corrected chi connectivity index (χ1v) is 6.28. The summed E-state index contributed by atoms with van der Waals surface area (Å²) in [5.74, 6) is -0.616. The zero-order valence-electron chi connectivity index (χ0n) is 8.29. The summed E-state index contributed by atoms with van der Waals surface area (Å²) in [5, 5.41) is 6.82. The van der Waals surface area contributed by atoms with Gasteiger partial charge in [-0.25, -0.2) is 4.39 Å². The summed E-state index contributed by atoms with van der Waals surface area (Å²) >= 11 is 20.1. The third kappa shape index (κ3) is 3.00. The lowest BCUT2D eigenvalue weighted by atomic mass is 10.3. The summed E-state index contributed by atoms with van der Waals surface area (Å²) in [7, 11) is 0. The molecule has 2 rings (SSSR count). The van der Waals surface area contributed by atoms with E-state index in [2.05, 4.69) is 31.1 Å². The molecule has 0 spiro atoms. The Bertz CT molecular complexity index is 614. The molecule has 4 nitrogen and oxygen atoms in total. The largest absolute Gasteiger partial charge is 0.435 e. The quantitative estimate of drug-likeness (QED) is 0.726. The van der Waals surface area contributed by atoms with Gasteiger partial charge in [0.1, 0.15) is 5.82 Å². The molecule has 9 heteroatoms. The third-order valence-corrected chi connectivity index (χ3v) is 3.07. The van der Waals surface area contributed by atoms with E-state index in [-0.39, 0.29) is 31.6 Å². The second kappa shape index (κ2) is 5.52. The maximum absolute atomic E-state index is 13.3. The van der Waals surface area contributed by atoms with Crippen LogP contribution in [0.1, 0.15) is 0 Å². The predicted octanol–water partition coefficient (Wildman–Crippen LogP) is 4.53. The monoisotopic (exact) mass is 371 g/mol. The normalized spacial score (nSPS) is 10.5. The molecule has 18 heavy (non-hydrogen) atoms. The van der Waals surface area contributed by atoms with Gasteiger partial charge in [0.05, 0.1) is 9.50 Å². The molecule has 0 aliphatic heterocycles. The van der Waals surface area contributed by atoms with Crippen molar-refractivity contribution in [2.24, 2.45) is 0 Å². The van der Waals surface area contributed by atoms with Crippen molar-refractivity contribution in [1.82, 2.24) is 15.2 Å². The Morgan fingerprint density at radius 2 is 1.89 bits per heavy atom. The number of hydrogen-bond acceptors (Lipinski definition) is 4. The first kappa shape index (κ1) is 13.7. The smallest absolute Gasteiger partial charge is 0.262 e. The molecule has 1 heterocycles. The Morgan fingerprint density at radius 1 is 1.17 bits per heavy atom. The van der Waals surface area contributed by atoms with Crippen molar-refractivity contribution in [3.8, 4) is 11.6 Å². The number of ether oxygens (including phenoxy) is 1. The van der Waals surface area contributed by atoms with Crippen molar-refractivity contribution in [3.05, 3.63) is 37.9 Å². The van der Waals surface area contributed by atoms with Crippen molar-refractivity contribution in [2.45, 2.75) is 0 Å². The highest BCUT2D eigenvalue weighted by Gasteiger charge is 2.13. The van der Waals surface area contributed by atoms with E-state index in [0.29, 0.717) is 0 Å². The zero-order valence-corrected chi connectivity index (χ0v) is 12.1. The number of hydrogen-bond donors (Lipinski definition) is 0. The first-order valence-electron chi connectivity index (χ1n) is 4.35. The van der Waals surface area contributed by atoms with Crippen LogP contribution >= 0.6 is 50.7 Å². The van der Waals surface area contributed by atoms with Crippen LogP contribution in [0.5, 0.6) is 11.6 Å². The molecule has 0 bridgehead atoms. The molecule has 0 aliphatic rings. The highest BCUT2D eigenvalue weighted by Crippen LogP contribution is 2.34. The van der Waals surface area contributed by atoms with Gasteiger partial charge in [0.15, 0.2) is 5.75 Å². The Morgan fingerprint density at radius 3 is 2.61 bits per heavy atom. The molecule has 0 aliphatic carbocycles. The summed E-state index contributed by atoms with van der Waals surface area (Å²) < 4.78 is 18.8. The average Bonchev–Trinajstić information content (AvgIpc) is 2.30. The van der Waals surface area contributed by atoms with Crippen LogP contribution in [0.3, 0.4) is 0 Å². The Kier molecular flexibility index (Phi) is 4.21. The van der Waals surface area contributed by atoms with E-state index in [9.17, 15) is 4.39 Å². The molecular formula is C9H2BrCl3FN3O. The minimum absolute atomic E-state index is 0.0378. The van der Waals surface area contributed by atoms with E-state index in [1.54, 1.807) is 0 Å². The summed E-state index contributed by atoms with van der Waals surface area (Å²) in [6.07, 6.45) is 0. The van der Waals surface area contributed by atoms with Crippen LogP contribution < -0.4 is 4.74 Å². The molecule has 2 aromatic rings. The van der Waals surface area contributed by atoms with E-state index in [0.717, 1.165) is 6.07 Å². The molecule has 0 saturated carbocycles. The van der Waals surface area contributed by atoms with E-state index in [1.165, 1.54) is 6.07 Å². The number of rotatable bonds is 2. The van der Waals surface area contributed by atoms with Crippen LogP contribution in [0.2, 0.25) is 15.5 Å². The summed E-state index contributed by atoms with van der Waals surface area (Å²) in [4.78, 5) is 3.71. The van der Waals surface area contributed by atoms with E-state index < -0.39 is 5.82 Å². The van der Waals surface area contributed by atoms with Gasteiger partial charge in [-0.15, -0.1) is 10.2 Å². The summed E-state index contributed by atoms with van der Waals surface area (Å²) in [6, 6.07) is 2.43. The maximum Gasteiger partial charge on any atom is 0.262 e. The molecule has 0 atom stereocenters. The molecule has 0 saturated heterocycles. The number of benzene rings is 1. The van der Waals surface area contributed by atoms with Gasteiger partial charge in [0.2, 0.25) is 10.4 Å². The van der Waals surface area contributed by atoms with Crippen LogP contribution in [0, 0.1) is 5.82 Å². The second-order valence-electron chi connectivity index (χ2n) is 2.98. The van der Waals surface area contributed by atoms with Crippen molar-refractivity contribution in [3.63, 3.8) is 0 Å². The van der Waals surface area contributed by atoms with Crippen molar-refractivity contribution in [2.75, 3.05) is 0 Å². The standard InChI is InChI=1S/C9H2BrCl3FN3O/c10-3-1-4(11)6(2-5(3)14)18-8-7(12)16-17-9(13)15-8/h1-2H. The minimum atomic E-state index is -0.543. The lowest BCUT2D eigenvalue weighted by Gasteiger charge is -2.08. The third-order valence-electron chi connectivity index (χ3n) is 1.77. The fourth-order valence-corrected chi connectivity index (χ4v) is 1.94. The number of halogens is 5. The Balaban J connectivity index is 2.40. The topological polar surface area (TPSA) is 47.9 Å². The van der Waals surface area contributed by atoms with Crippen LogP contribution in [-0.4, -0.2) is 15.2 Å². The van der Waals surface area contributed by atoms with Gasteiger partial charge >= 0.3 is 0 Å². The fraction of sp³-hybridized carbons (Fsp3) is 0. The summed E-state index contributed by atoms with van der Waals surface area (Å²) in [5.41, 5.74) is 0. The van der Waals surface area contributed by atoms with Crippen molar-refractivity contribution < 1.29 is 9.13 Å².